The smallest absolute Gasteiger partial charge is 0.220 e. The van der Waals surface area contributed by atoms with Crippen molar-refractivity contribution in [2.75, 3.05) is 20.1 Å². The summed E-state index contributed by atoms with van der Waals surface area (Å²) in [5.41, 5.74) is 5.16. The summed E-state index contributed by atoms with van der Waals surface area (Å²) in [7, 11) is 2.07. The molecule has 1 saturated heterocycles. The third kappa shape index (κ3) is 3.72. The van der Waals surface area contributed by atoms with Crippen LogP contribution in [0.5, 0.6) is 0 Å². The highest BCUT2D eigenvalue weighted by Gasteiger charge is 2.20. The Labute approximate surface area is 76.4 Å². The van der Waals surface area contributed by atoms with Crippen LogP contribution in [-0.2, 0) is 4.79 Å². The van der Waals surface area contributed by atoms with Crippen LogP contribution in [0.1, 0.15) is 28.1 Å². The van der Waals surface area contributed by atoms with E-state index in [0.717, 1.165) is 25.9 Å². The van der Waals surface area contributed by atoms with E-state index in [-0.39, 0.29) is 13.3 Å². The molecule has 1 aliphatic rings. The Hall–Kier alpha value is -0.570. The zero-order valence-corrected chi connectivity index (χ0v) is 8.34. The summed E-state index contributed by atoms with van der Waals surface area (Å²) < 4.78 is 0. The number of primary amides is 1. The average Bonchev–Trinajstić information content (AvgIpc) is 2.09. The number of amides is 1. The quantitative estimate of drug-likeness (QED) is 0.646. The Morgan fingerprint density at radius 2 is 1.83 bits per heavy atom. The van der Waals surface area contributed by atoms with E-state index >= 15 is 0 Å². The third-order valence-corrected chi connectivity index (χ3v) is 2.12. The summed E-state index contributed by atoms with van der Waals surface area (Å²) in [6, 6.07) is 0. The fraction of sp³-hybridized carbons (Fsp3) is 0.889. The van der Waals surface area contributed by atoms with Crippen molar-refractivity contribution in [3.8, 4) is 0 Å². The molecule has 1 fully saturated rings. The van der Waals surface area contributed by atoms with Crippen LogP contribution in [0, 0.1) is 5.92 Å². The van der Waals surface area contributed by atoms with Crippen molar-refractivity contribution in [3.05, 3.63) is 0 Å². The number of carbonyl (C=O) groups excluding carboxylic acids is 1. The maximum Gasteiger partial charge on any atom is 0.220 e. The minimum absolute atomic E-state index is 0. The van der Waals surface area contributed by atoms with E-state index in [0.29, 0.717) is 0 Å². The third-order valence-electron chi connectivity index (χ3n) is 2.12. The maximum absolute atomic E-state index is 10.7. The van der Waals surface area contributed by atoms with Crippen molar-refractivity contribution in [3.63, 3.8) is 0 Å². The van der Waals surface area contributed by atoms with Crippen molar-refractivity contribution in [2.45, 2.75) is 26.7 Å². The van der Waals surface area contributed by atoms with Gasteiger partial charge in [0.1, 0.15) is 0 Å². The van der Waals surface area contributed by atoms with E-state index in [1.165, 1.54) is 0 Å². The lowest BCUT2D eigenvalue weighted by atomic mass is 9.97. The van der Waals surface area contributed by atoms with Gasteiger partial charge in [-0.3, -0.25) is 4.79 Å². The van der Waals surface area contributed by atoms with Gasteiger partial charge in [0.25, 0.3) is 0 Å². The van der Waals surface area contributed by atoms with Crippen LogP contribution in [0.4, 0.5) is 0 Å². The van der Waals surface area contributed by atoms with E-state index in [2.05, 4.69) is 11.9 Å². The summed E-state index contributed by atoms with van der Waals surface area (Å²) in [4.78, 5) is 12.9. The highest BCUT2D eigenvalue weighted by atomic mass is 16.1. The van der Waals surface area contributed by atoms with Crippen molar-refractivity contribution in [2.24, 2.45) is 11.7 Å². The number of hydrogen-bond donors (Lipinski definition) is 1. The Bertz CT molecular complexity index is 134. The molecule has 0 spiro atoms. The second-order valence-corrected chi connectivity index (χ2v) is 2.98. The molecular formula is C9H22N2O. The molecule has 0 aliphatic carbocycles. The first-order valence-electron chi connectivity index (χ1n) is 4.68. The highest BCUT2D eigenvalue weighted by molar-refractivity contribution is 5.76. The number of likely N-dealkylation sites (tertiary alicyclic amines) is 1. The lowest BCUT2D eigenvalue weighted by molar-refractivity contribution is -0.123. The van der Waals surface area contributed by atoms with Gasteiger partial charge in [-0.2, -0.15) is 0 Å². The van der Waals surface area contributed by atoms with E-state index < -0.39 is 0 Å². The molecule has 3 heteroatoms. The monoisotopic (exact) mass is 174 g/mol. The van der Waals surface area contributed by atoms with Gasteiger partial charge in [-0.05, 0) is 33.0 Å². The van der Waals surface area contributed by atoms with Gasteiger partial charge >= 0.3 is 0 Å². The number of carbonyl (C=O) groups is 1. The SMILES string of the molecule is CC.CN1CCC(C(N)=O)CC1.[HH]. The normalized spacial score (nSPS) is 19.6. The molecule has 2 N–H and O–H groups in total. The van der Waals surface area contributed by atoms with Gasteiger partial charge in [0.15, 0.2) is 0 Å². The average molecular weight is 174 g/mol. The second kappa shape index (κ2) is 6.00. The predicted octanol–water partition coefficient (Wildman–Crippen LogP) is 1.09. The summed E-state index contributed by atoms with van der Waals surface area (Å²) in [5, 5.41) is 0. The predicted molar refractivity (Wildman–Crippen MR) is 52.9 cm³/mol. The standard InChI is InChI=1S/C7H14N2O.C2H6.H2/c1-9-4-2-6(3-5-9)7(8)10;1-2;/h6H,2-5H2,1H3,(H2,8,10);1-2H3;1H. The first kappa shape index (κ1) is 11.4. The van der Waals surface area contributed by atoms with Crippen LogP contribution in [0.15, 0.2) is 0 Å². The molecule has 0 aromatic carbocycles. The number of nitrogens with zero attached hydrogens (tertiary/aromatic N) is 1. The van der Waals surface area contributed by atoms with Gasteiger partial charge in [-0.1, -0.05) is 13.8 Å². The van der Waals surface area contributed by atoms with Gasteiger partial charge < -0.3 is 10.6 Å². The molecule has 3 nitrogen and oxygen atoms in total. The van der Waals surface area contributed by atoms with E-state index in [1.54, 1.807) is 0 Å². The summed E-state index contributed by atoms with van der Waals surface area (Å²) in [5.74, 6) is 0.00398. The molecule has 0 unspecified atom stereocenters. The minimum Gasteiger partial charge on any atom is -0.369 e. The van der Waals surface area contributed by atoms with Crippen LogP contribution in [0.3, 0.4) is 0 Å². The number of rotatable bonds is 1. The second-order valence-electron chi connectivity index (χ2n) is 2.98. The molecule has 1 rings (SSSR count). The van der Waals surface area contributed by atoms with Gasteiger partial charge in [0, 0.05) is 7.34 Å². The summed E-state index contributed by atoms with van der Waals surface area (Å²) in [6.07, 6.45) is 1.87. The molecule has 1 amide bonds. The van der Waals surface area contributed by atoms with Crippen LogP contribution < -0.4 is 5.73 Å². The summed E-state index contributed by atoms with van der Waals surface area (Å²) in [6.45, 7) is 6.02. The number of hydrogen-bond acceptors (Lipinski definition) is 2. The van der Waals surface area contributed by atoms with Gasteiger partial charge in [0.2, 0.25) is 5.91 Å². The topological polar surface area (TPSA) is 46.3 Å². The zero-order valence-electron chi connectivity index (χ0n) is 8.34. The Morgan fingerprint density at radius 3 is 2.17 bits per heavy atom. The van der Waals surface area contributed by atoms with Gasteiger partial charge in [-0.25, -0.2) is 0 Å². The molecule has 1 heterocycles. The van der Waals surface area contributed by atoms with Crippen LogP contribution in [0.25, 0.3) is 0 Å². The molecule has 74 valence electrons. The Kier molecular flexibility index (Phi) is 5.72. The van der Waals surface area contributed by atoms with Crippen molar-refractivity contribution >= 4 is 5.91 Å². The van der Waals surface area contributed by atoms with Gasteiger partial charge in [0.05, 0.1) is 0 Å². The first-order chi connectivity index (χ1) is 5.70. The fourth-order valence-electron chi connectivity index (χ4n) is 1.29. The Morgan fingerprint density at radius 1 is 1.42 bits per heavy atom. The molecule has 1 aliphatic heterocycles. The lowest BCUT2D eigenvalue weighted by Gasteiger charge is -2.26. The largest absolute Gasteiger partial charge is 0.369 e. The molecule has 0 aromatic rings. The first-order valence-corrected chi connectivity index (χ1v) is 4.68. The minimum atomic E-state index is -0.131. The molecule has 12 heavy (non-hydrogen) atoms. The molecule has 0 radical (unpaired) electrons. The van der Waals surface area contributed by atoms with Crippen molar-refractivity contribution in [1.82, 2.24) is 4.90 Å². The van der Waals surface area contributed by atoms with E-state index in [9.17, 15) is 4.79 Å². The Balaban J connectivity index is 0. The fourth-order valence-corrected chi connectivity index (χ4v) is 1.29. The molecular weight excluding hydrogens is 152 g/mol. The van der Waals surface area contributed by atoms with E-state index in [1.807, 2.05) is 13.8 Å². The highest BCUT2D eigenvalue weighted by Crippen LogP contribution is 2.14. The van der Waals surface area contributed by atoms with Crippen LogP contribution in [-0.4, -0.2) is 30.9 Å². The molecule has 0 saturated carbocycles. The maximum atomic E-state index is 10.7. The summed E-state index contributed by atoms with van der Waals surface area (Å²) >= 11 is 0. The lowest BCUT2D eigenvalue weighted by Crippen LogP contribution is -2.36. The van der Waals surface area contributed by atoms with Crippen molar-refractivity contribution in [1.29, 1.82) is 0 Å². The zero-order chi connectivity index (χ0) is 9.56. The van der Waals surface area contributed by atoms with Crippen LogP contribution in [0.2, 0.25) is 0 Å². The van der Waals surface area contributed by atoms with E-state index in [4.69, 9.17) is 5.73 Å². The van der Waals surface area contributed by atoms with Crippen molar-refractivity contribution < 1.29 is 6.22 Å². The molecule has 0 atom stereocenters. The number of piperidine rings is 1. The molecule has 0 bridgehead atoms. The van der Waals surface area contributed by atoms with Gasteiger partial charge in [-0.15, -0.1) is 0 Å². The number of nitrogens with two attached hydrogens (primary N) is 1. The molecule has 0 aromatic heterocycles. The van der Waals surface area contributed by atoms with Crippen LogP contribution >= 0.6 is 0 Å².